The maximum Gasteiger partial charge on any atom is 0.192 e. The minimum Gasteiger partial charge on any atom is -0.497 e. The molecule has 1 aliphatic carbocycles. The normalized spacial score (nSPS) is 25.6. The topological polar surface area (TPSA) is 60.1 Å². The highest BCUT2D eigenvalue weighted by molar-refractivity contribution is 5.82. The summed E-state index contributed by atoms with van der Waals surface area (Å²) in [5, 5.41) is 0. The van der Waals surface area contributed by atoms with Gasteiger partial charge < -0.3 is 20.1 Å². The number of rotatable bonds is 4. The van der Waals surface area contributed by atoms with Crippen molar-refractivity contribution in [1.82, 2.24) is 4.90 Å². The van der Waals surface area contributed by atoms with Gasteiger partial charge in [0.2, 0.25) is 0 Å². The fourth-order valence-electron chi connectivity index (χ4n) is 3.02. The third-order valence-electron chi connectivity index (χ3n) is 4.23. The Morgan fingerprint density at radius 3 is 2.65 bits per heavy atom. The van der Waals surface area contributed by atoms with Crippen LogP contribution in [0.25, 0.3) is 0 Å². The molecule has 5 heteroatoms. The van der Waals surface area contributed by atoms with Crippen LogP contribution in [0.5, 0.6) is 11.5 Å². The summed E-state index contributed by atoms with van der Waals surface area (Å²) in [7, 11) is 3.34. The van der Waals surface area contributed by atoms with Crippen molar-refractivity contribution in [2.75, 3.05) is 20.8 Å². The van der Waals surface area contributed by atoms with Crippen LogP contribution in [0, 0.1) is 0 Å². The molecule has 1 saturated carbocycles. The van der Waals surface area contributed by atoms with Crippen molar-refractivity contribution in [2.24, 2.45) is 10.7 Å². The number of ether oxygens (including phenoxy) is 2. The average Bonchev–Trinajstić information content (AvgIpc) is 3.24. The molecule has 108 valence electrons. The van der Waals surface area contributed by atoms with Crippen molar-refractivity contribution in [3.63, 3.8) is 0 Å². The van der Waals surface area contributed by atoms with E-state index in [0.717, 1.165) is 17.1 Å². The molecule has 0 amide bonds. The highest BCUT2D eigenvalue weighted by atomic mass is 16.5. The second-order valence-corrected chi connectivity index (χ2v) is 5.62. The Bertz CT molecular complexity index is 554. The fraction of sp³-hybridized carbons (Fsp3) is 0.533. The molecule has 2 N–H and O–H groups in total. The van der Waals surface area contributed by atoms with Gasteiger partial charge >= 0.3 is 0 Å². The summed E-state index contributed by atoms with van der Waals surface area (Å²) in [4.78, 5) is 6.71. The van der Waals surface area contributed by atoms with Gasteiger partial charge in [0.05, 0.1) is 26.3 Å². The van der Waals surface area contributed by atoms with Crippen molar-refractivity contribution in [1.29, 1.82) is 0 Å². The van der Waals surface area contributed by atoms with E-state index >= 15 is 0 Å². The Morgan fingerprint density at radius 2 is 2.05 bits per heavy atom. The Balaban J connectivity index is 2.03. The van der Waals surface area contributed by atoms with E-state index < -0.39 is 0 Å². The summed E-state index contributed by atoms with van der Waals surface area (Å²) in [6.07, 6.45) is 2.37. The molecule has 1 aliphatic heterocycles. The zero-order valence-electron chi connectivity index (χ0n) is 12.2. The molecule has 1 fully saturated rings. The molecule has 1 heterocycles. The highest BCUT2D eigenvalue weighted by Crippen LogP contribution is 2.44. The predicted molar refractivity (Wildman–Crippen MR) is 78.2 cm³/mol. The molecule has 1 aromatic carbocycles. The van der Waals surface area contributed by atoms with Gasteiger partial charge in [-0.2, -0.15) is 0 Å². The van der Waals surface area contributed by atoms with E-state index in [4.69, 9.17) is 15.2 Å². The lowest BCUT2D eigenvalue weighted by atomic mass is 9.90. The van der Waals surface area contributed by atoms with Crippen molar-refractivity contribution < 1.29 is 9.47 Å². The number of guanidine groups is 1. The largest absolute Gasteiger partial charge is 0.497 e. The van der Waals surface area contributed by atoms with Crippen LogP contribution in [-0.4, -0.2) is 37.7 Å². The standard InChI is InChI=1S/C15H21N3O2/c1-15(9-17-14(16)18(15)10-4-5-10)12-7-6-11(19-2)8-13(12)20-3/h6-8,10H,4-5,9H2,1-3H3,(H2,16,17). The molecule has 5 nitrogen and oxygen atoms in total. The second-order valence-electron chi connectivity index (χ2n) is 5.62. The number of aliphatic imine (C=N–C) groups is 1. The molecule has 0 aromatic heterocycles. The van der Waals surface area contributed by atoms with E-state index in [-0.39, 0.29) is 5.54 Å². The molecule has 1 unspecified atom stereocenters. The van der Waals surface area contributed by atoms with Gasteiger partial charge in [0, 0.05) is 17.7 Å². The van der Waals surface area contributed by atoms with Crippen molar-refractivity contribution >= 4 is 5.96 Å². The van der Waals surface area contributed by atoms with E-state index in [2.05, 4.69) is 22.9 Å². The highest BCUT2D eigenvalue weighted by Gasteiger charge is 2.48. The number of benzene rings is 1. The molecule has 1 atom stereocenters. The fourth-order valence-corrected chi connectivity index (χ4v) is 3.02. The Morgan fingerprint density at radius 1 is 1.30 bits per heavy atom. The van der Waals surface area contributed by atoms with Gasteiger partial charge in [-0.15, -0.1) is 0 Å². The van der Waals surface area contributed by atoms with Gasteiger partial charge in [0.1, 0.15) is 11.5 Å². The van der Waals surface area contributed by atoms with Gasteiger partial charge in [-0.3, -0.25) is 4.99 Å². The SMILES string of the molecule is COc1ccc(C2(C)CN=C(N)N2C2CC2)c(OC)c1. The van der Waals surface area contributed by atoms with Crippen LogP contribution >= 0.6 is 0 Å². The molecule has 0 saturated heterocycles. The molecule has 3 rings (SSSR count). The minimum atomic E-state index is -0.233. The maximum atomic E-state index is 6.09. The first-order valence-corrected chi connectivity index (χ1v) is 6.92. The molecule has 2 aliphatic rings. The van der Waals surface area contributed by atoms with E-state index in [1.807, 2.05) is 12.1 Å². The van der Waals surface area contributed by atoms with Crippen LogP contribution < -0.4 is 15.2 Å². The van der Waals surface area contributed by atoms with Crippen molar-refractivity contribution in [3.8, 4) is 11.5 Å². The van der Waals surface area contributed by atoms with Gasteiger partial charge in [0.15, 0.2) is 5.96 Å². The third kappa shape index (κ3) is 1.88. The summed E-state index contributed by atoms with van der Waals surface area (Å²) in [5.41, 5.74) is 6.97. The van der Waals surface area contributed by atoms with Crippen molar-refractivity contribution in [2.45, 2.75) is 31.3 Å². The summed E-state index contributed by atoms with van der Waals surface area (Å²) in [6.45, 7) is 2.84. The van der Waals surface area contributed by atoms with Crippen LogP contribution in [0.3, 0.4) is 0 Å². The lowest BCUT2D eigenvalue weighted by Crippen LogP contribution is -2.48. The number of hydrogen-bond acceptors (Lipinski definition) is 5. The average molecular weight is 275 g/mol. The molecule has 0 radical (unpaired) electrons. The second kappa shape index (κ2) is 4.58. The molecule has 20 heavy (non-hydrogen) atoms. The van der Waals surface area contributed by atoms with E-state index in [1.165, 1.54) is 12.8 Å². The van der Waals surface area contributed by atoms with Crippen LogP contribution in [0.4, 0.5) is 0 Å². The molecular weight excluding hydrogens is 254 g/mol. The van der Waals surface area contributed by atoms with E-state index in [1.54, 1.807) is 14.2 Å². The Hall–Kier alpha value is -1.91. The molecule has 1 aromatic rings. The maximum absolute atomic E-state index is 6.09. The zero-order chi connectivity index (χ0) is 14.3. The Labute approximate surface area is 119 Å². The summed E-state index contributed by atoms with van der Waals surface area (Å²) in [6, 6.07) is 6.45. The zero-order valence-corrected chi connectivity index (χ0v) is 12.2. The van der Waals surface area contributed by atoms with E-state index in [9.17, 15) is 0 Å². The summed E-state index contributed by atoms with van der Waals surface area (Å²) in [5.74, 6) is 2.26. The number of methoxy groups -OCH3 is 2. The quantitative estimate of drug-likeness (QED) is 0.909. The smallest absolute Gasteiger partial charge is 0.192 e. The number of nitrogens with two attached hydrogens (primary N) is 1. The summed E-state index contributed by atoms with van der Waals surface area (Å²) < 4.78 is 10.8. The van der Waals surface area contributed by atoms with Crippen molar-refractivity contribution in [3.05, 3.63) is 23.8 Å². The van der Waals surface area contributed by atoms with Crippen LogP contribution in [0.1, 0.15) is 25.3 Å². The minimum absolute atomic E-state index is 0.233. The van der Waals surface area contributed by atoms with E-state index in [0.29, 0.717) is 18.5 Å². The molecule has 0 bridgehead atoms. The number of nitrogens with zero attached hydrogens (tertiary/aromatic N) is 2. The van der Waals surface area contributed by atoms with Crippen LogP contribution in [-0.2, 0) is 5.54 Å². The number of hydrogen-bond donors (Lipinski definition) is 1. The van der Waals surface area contributed by atoms with Gasteiger partial charge in [-0.05, 0) is 31.9 Å². The lowest BCUT2D eigenvalue weighted by molar-refractivity contribution is 0.209. The first-order valence-electron chi connectivity index (χ1n) is 6.92. The monoisotopic (exact) mass is 275 g/mol. The molecular formula is C15H21N3O2. The molecule has 0 spiro atoms. The summed E-state index contributed by atoms with van der Waals surface area (Å²) >= 11 is 0. The van der Waals surface area contributed by atoms with Crippen LogP contribution in [0.2, 0.25) is 0 Å². The lowest BCUT2D eigenvalue weighted by Gasteiger charge is -2.37. The first-order chi connectivity index (χ1) is 9.60. The predicted octanol–water partition coefficient (Wildman–Crippen LogP) is 1.71. The van der Waals surface area contributed by atoms with Gasteiger partial charge in [-0.1, -0.05) is 0 Å². The van der Waals surface area contributed by atoms with Gasteiger partial charge in [-0.25, -0.2) is 0 Å². The van der Waals surface area contributed by atoms with Gasteiger partial charge in [0.25, 0.3) is 0 Å². The third-order valence-corrected chi connectivity index (χ3v) is 4.23. The first kappa shape index (κ1) is 13.1. The van der Waals surface area contributed by atoms with Crippen LogP contribution in [0.15, 0.2) is 23.2 Å². The Kier molecular flexibility index (Phi) is 3.00.